The van der Waals surface area contributed by atoms with E-state index < -0.39 is 0 Å². The van der Waals surface area contributed by atoms with Gasteiger partial charge in [0.2, 0.25) is 0 Å². The van der Waals surface area contributed by atoms with Crippen LogP contribution in [0.3, 0.4) is 0 Å². The molecule has 3 heteroatoms. The highest BCUT2D eigenvalue weighted by Crippen LogP contribution is 2.30. The summed E-state index contributed by atoms with van der Waals surface area (Å²) in [5.41, 5.74) is 0. The van der Waals surface area contributed by atoms with E-state index in [4.69, 9.17) is 14.9 Å². The molecule has 0 spiro atoms. The number of rotatable bonds is 14. The average molecular weight is 329 g/mol. The topological polar surface area (TPSA) is 38.7 Å². The van der Waals surface area contributed by atoms with Gasteiger partial charge in [0.15, 0.2) is 0 Å². The molecule has 1 unspecified atom stereocenters. The Bertz CT molecular complexity index is 257. The summed E-state index contributed by atoms with van der Waals surface area (Å²) in [6.45, 7) is 5.39. The molecule has 0 amide bonds. The maximum Gasteiger partial charge on any atom is 0.0928 e. The summed E-state index contributed by atoms with van der Waals surface area (Å²) in [6.07, 6.45) is 17.5. The van der Waals surface area contributed by atoms with Gasteiger partial charge in [-0.1, -0.05) is 65.2 Å². The van der Waals surface area contributed by atoms with Crippen molar-refractivity contribution in [1.29, 1.82) is 0 Å². The zero-order valence-electron chi connectivity index (χ0n) is 15.6. The molecule has 3 atom stereocenters. The Labute approximate surface area is 144 Å². The molecule has 23 heavy (non-hydrogen) atoms. The van der Waals surface area contributed by atoms with E-state index in [-0.39, 0.29) is 6.10 Å². The lowest BCUT2D eigenvalue weighted by atomic mass is 9.86. The summed E-state index contributed by atoms with van der Waals surface area (Å²) in [4.78, 5) is 4.69. The van der Waals surface area contributed by atoms with Crippen LogP contribution in [0.25, 0.3) is 0 Å². The maximum atomic E-state index is 9.10. The molecule has 0 aromatic heterocycles. The van der Waals surface area contributed by atoms with Crippen molar-refractivity contribution in [3.63, 3.8) is 0 Å². The van der Waals surface area contributed by atoms with Crippen LogP contribution in [-0.4, -0.2) is 24.1 Å². The molecule has 1 rings (SSSR count). The Hall–Kier alpha value is -0.120. The predicted octanol–water partition coefficient (Wildman–Crippen LogP) is 6.36. The van der Waals surface area contributed by atoms with Gasteiger partial charge in [-0.3, -0.25) is 5.26 Å². The van der Waals surface area contributed by atoms with E-state index in [0.717, 1.165) is 38.2 Å². The fourth-order valence-corrected chi connectivity index (χ4v) is 3.78. The minimum atomic E-state index is -0.00252. The van der Waals surface area contributed by atoms with Crippen LogP contribution in [0.4, 0.5) is 0 Å². The summed E-state index contributed by atoms with van der Waals surface area (Å²) in [5, 5.41) is 9.10. The van der Waals surface area contributed by atoms with Crippen LogP contribution >= 0.6 is 0 Å². The second-order valence-corrected chi connectivity index (χ2v) is 7.31. The van der Waals surface area contributed by atoms with Crippen molar-refractivity contribution in [1.82, 2.24) is 0 Å². The van der Waals surface area contributed by atoms with E-state index >= 15 is 0 Å². The SMILES string of the molecule is CCCCCCC[C@H]1CCCO[C@@H]1CCC(CCCCC)OO. The minimum Gasteiger partial charge on any atom is -0.378 e. The van der Waals surface area contributed by atoms with Crippen LogP contribution < -0.4 is 0 Å². The highest BCUT2D eigenvalue weighted by Gasteiger charge is 2.26. The molecule has 1 saturated heterocycles. The summed E-state index contributed by atoms with van der Waals surface area (Å²) in [6, 6.07) is 0. The molecule has 0 bridgehead atoms. The molecule has 1 fully saturated rings. The highest BCUT2D eigenvalue weighted by atomic mass is 17.1. The molecular formula is C20H40O3. The zero-order chi connectivity index (χ0) is 16.8. The third kappa shape index (κ3) is 9.69. The Morgan fingerprint density at radius 1 is 0.957 bits per heavy atom. The van der Waals surface area contributed by atoms with Crippen molar-refractivity contribution >= 4 is 0 Å². The lowest BCUT2D eigenvalue weighted by Gasteiger charge is -2.32. The van der Waals surface area contributed by atoms with Gasteiger partial charge in [0.05, 0.1) is 12.2 Å². The summed E-state index contributed by atoms with van der Waals surface area (Å²) in [7, 11) is 0. The third-order valence-electron chi connectivity index (χ3n) is 5.31. The van der Waals surface area contributed by atoms with E-state index in [9.17, 15) is 0 Å². The molecule has 0 aromatic carbocycles. The van der Waals surface area contributed by atoms with Crippen LogP contribution in [0, 0.1) is 5.92 Å². The lowest BCUT2D eigenvalue weighted by molar-refractivity contribution is -0.282. The Morgan fingerprint density at radius 2 is 1.70 bits per heavy atom. The summed E-state index contributed by atoms with van der Waals surface area (Å²) in [5.74, 6) is 0.723. The normalized spacial score (nSPS) is 23.1. The molecule has 0 aliphatic carbocycles. The molecule has 1 aliphatic heterocycles. The first kappa shape index (κ1) is 20.9. The van der Waals surface area contributed by atoms with Crippen LogP contribution in [0.15, 0.2) is 0 Å². The molecular weight excluding hydrogens is 288 g/mol. The first-order valence-electron chi connectivity index (χ1n) is 10.2. The van der Waals surface area contributed by atoms with Crippen molar-refractivity contribution in [2.24, 2.45) is 5.92 Å². The quantitative estimate of drug-likeness (QED) is 0.229. The highest BCUT2D eigenvalue weighted by molar-refractivity contribution is 4.76. The molecule has 3 nitrogen and oxygen atoms in total. The average Bonchev–Trinajstić information content (AvgIpc) is 2.58. The molecule has 0 saturated carbocycles. The van der Waals surface area contributed by atoms with Gasteiger partial charge >= 0.3 is 0 Å². The van der Waals surface area contributed by atoms with Gasteiger partial charge in [-0.2, -0.15) is 0 Å². The van der Waals surface area contributed by atoms with E-state index in [1.165, 1.54) is 64.2 Å². The zero-order valence-corrected chi connectivity index (χ0v) is 15.6. The smallest absolute Gasteiger partial charge is 0.0928 e. The van der Waals surface area contributed by atoms with Crippen LogP contribution in [0.1, 0.15) is 104 Å². The second kappa shape index (κ2) is 14.2. The van der Waals surface area contributed by atoms with E-state index in [1.54, 1.807) is 0 Å². The van der Waals surface area contributed by atoms with E-state index in [2.05, 4.69) is 13.8 Å². The molecule has 1 N–H and O–H groups in total. The van der Waals surface area contributed by atoms with Crippen molar-refractivity contribution < 1.29 is 14.9 Å². The molecule has 1 aliphatic rings. The maximum absolute atomic E-state index is 9.10. The monoisotopic (exact) mass is 328 g/mol. The number of hydrogen-bond acceptors (Lipinski definition) is 3. The van der Waals surface area contributed by atoms with Crippen LogP contribution in [0.2, 0.25) is 0 Å². The van der Waals surface area contributed by atoms with E-state index in [0.29, 0.717) is 6.10 Å². The fourth-order valence-electron chi connectivity index (χ4n) is 3.78. The largest absolute Gasteiger partial charge is 0.378 e. The Morgan fingerprint density at radius 3 is 2.43 bits per heavy atom. The van der Waals surface area contributed by atoms with Gasteiger partial charge in [-0.05, 0) is 44.4 Å². The standard InChI is InChI=1S/C20H40O3/c1-3-5-7-8-10-12-18-13-11-17-22-20(18)16-15-19(23-21)14-9-6-4-2/h18-21H,3-17H2,1-2H3/t18-,19?,20+/m0/s1. The van der Waals surface area contributed by atoms with Gasteiger partial charge in [-0.15, -0.1) is 0 Å². The summed E-state index contributed by atoms with van der Waals surface area (Å²) >= 11 is 0. The molecule has 0 radical (unpaired) electrons. The third-order valence-corrected chi connectivity index (χ3v) is 5.31. The van der Waals surface area contributed by atoms with Crippen molar-refractivity contribution in [2.45, 2.75) is 116 Å². The van der Waals surface area contributed by atoms with Crippen molar-refractivity contribution in [3.8, 4) is 0 Å². The van der Waals surface area contributed by atoms with Crippen LogP contribution in [0.5, 0.6) is 0 Å². The van der Waals surface area contributed by atoms with Gasteiger partial charge in [0, 0.05) is 6.61 Å². The lowest BCUT2D eigenvalue weighted by Crippen LogP contribution is -2.30. The Kier molecular flexibility index (Phi) is 13.0. The van der Waals surface area contributed by atoms with Gasteiger partial charge in [-0.25, -0.2) is 4.89 Å². The molecule has 1 heterocycles. The second-order valence-electron chi connectivity index (χ2n) is 7.31. The summed E-state index contributed by atoms with van der Waals surface area (Å²) < 4.78 is 6.05. The van der Waals surface area contributed by atoms with Crippen molar-refractivity contribution in [3.05, 3.63) is 0 Å². The molecule has 138 valence electrons. The predicted molar refractivity (Wildman–Crippen MR) is 96.7 cm³/mol. The van der Waals surface area contributed by atoms with E-state index in [1.807, 2.05) is 0 Å². The first-order chi connectivity index (χ1) is 11.3. The fraction of sp³-hybridized carbons (Fsp3) is 1.00. The number of unbranched alkanes of at least 4 members (excludes halogenated alkanes) is 6. The first-order valence-corrected chi connectivity index (χ1v) is 10.2. The van der Waals surface area contributed by atoms with Gasteiger partial charge < -0.3 is 4.74 Å². The molecule has 0 aromatic rings. The van der Waals surface area contributed by atoms with Gasteiger partial charge in [0.25, 0.3) is 0 Å². The van der Waals surface area contributed by atoms with Crippen LogP contribution in [-0.2, 0) is 9.62 Å². The number of ether oxygens (including phenoxy) is 1. The minimum absolute atomic E-state index is 0.00252. The number of hydrogen-bond donors (Lipinski definition) is 1. The van der Waals surface area contributed by atoms with Gasteiger partial charge in [0.1, 0.15) is 0 Å². The Balaban J connectivity index is 2.24. The van der Waals surface area contributed by atoms with Crippen molar-refractivity contribution in [2.75, 3.05) is 6.61 Å².